The van der Waals surface area contributed by atoms with Crippen LogP contribution in [0.25, 0.3) is 0 Å². The number of anilines is 2. The lowest BCUT2D eigenvalue weighted by Gasteiger charge is -2.29. The number of hydrogen-bond donors (Lipinski definition) is 3. The van der Waals surface area contributed by atoms with E-state index in [9.17, 15) is 32.3 Å². The molecule has 0 aromatic heterocycles. The Morgan fingerprint density at radius 1 is 1.23 bits per heavy atom. The van der Waals surface area contributed by atoms with Gasteiger partial charge in [-0.15, -0.1) is 0 Å². The Morgan fingerprint density at radius 3 is 2.48 bits per heavy atom. The van der Waals surface area contributed by atoms with Crippen LogP contribution in [0.4, 0.5) is 24.5 Å². The largest absolute Gasteiger partial charge is 0.418 e. The summed E-state index contributed by atoms with van der Waals surface area (Å²) in [6.45, 7) is -0.302. The third kappa shape index (κ3) is 5.13. The fraction of sp³-hybridized carbons (Fsp3) is 0.474. The first-order valence-electron chi connectivity index (χ1n) is 9.58. The number of primary amides is 1. The van der Waals surface area contributed by atoms with E-state index in [0.29, 0.717) is 18.9 Å². The van der Waals surface area contributed by atoms with Gasteiger partial charge in [-0.25, -0.2) is 0 Å². The number of nitrogens with two attached hydrogens (primary N) is 1. The normalized spacial score (nSPS) is 18.2. The van der Waals surface area contributed by atoms with Crippen molar-refractivity contribution in [2.24, 2.45) is 11.7 Å². The standard InChI is InChI=1S/C19H21F3N4O5/c20-19(21,22)12-8-11(4-5-13(12)26-6-7-31-9-14(26)27)24-18(30)15(16(23)28)25-17(29)10-2-1-3-10/h4-5,8,10,15H,1-3,6-7,9H2,(H2,23,28)(H,24,30)(H,25,29)/t15-/m0/s1. The quantitative estimate of drug-likeness (QED) is 0.561. The molecular weight excluding hydrogens is 421 g/mol. The second-order valence-corrected chi connectivity index (χ2v) is 7.29. The van der Waals surface area contributed by atoms with E-state index in [1.807, 2.05) is 0 Å². The summed E-state index contributed by atoms with van der Waals surface area (Å²) in [6.07, 6.45) is -2.73. The molecule has 1 aromatic rings. The fourth-order valence-electron chi connectivity index (χ4n) is 3.26. The van der Waals surface area contributed by atoms with Crippen molar-refractivity contribution in [2.45, 2.75) is 31.5 Å². The van der Waals surface area contributed by atoms with Gasteiger partial charge in [-0.2, -0.15) is 13.2 Å². The molecule has 4 amide bonds. The molecule has 12 heteroatoms. The number of hydrogen-bond acceptors (Lipinski definition) is 5. The Hall–Kier alpha value is -3.15. The van der Waals surface area contributed by atoms with Crippen LogP contribution < -0.4 is 21.3 Å². The third-order valence-electron chi connectivity index (χ3n) is 5.16. The van der Waals surface area contributed by atoms with Crippen molar-refractivity contribution < 1.29 is 37.1 Å². The van der Waals surface area contributed by atoms with Gasteiger partial charge >= 0.3 is 6.18 Å². The van der Waals surface area contributed by atoms with E-state index in [1.165, 1.54) is 0 Å². The van der Waals surface area contributed by atoms with Crippen LogP contribution in [0.2, 0.25) is 0 Å². The predicted octanol–water partition coefficient (Wildman–Crippen LogP) is 0.777. The first-order chi connectivity index (χ1) is 14.6. The van der Waals surface area contributed by atoms with Crippen molar-refractivity contribution >= 4 is 35.0 Å². The predicted molar refractivity (Wildman–Crippen MR) is 102 cm³/mol. The smallest absolute Gasteiger partial charge is 0.370 e. The molecule has 1 saturated heterocycles. The van der Waals surface area contributed by atoms with Crippen LogP contribution in [-0.2, 0) is 30.1 Å². The van der Waals surface area contributed by atoms with Crippen molar-refractivity contribution in [3.05, 3.63) is 23.8 Å². The number of nitrogens with one attached hydrogen (secondary N) is 2. The first kappa shape index (κ1) is 22.5. The van der Waals surface area contributed by atoms with E-state index in [2.05, 4.69) is 10.6 Å². The summed E-state index contributed by atoms with van der Waals surface area (Å²) in [7, 11) is 0. The Bertz CT molecular complexity index is 901. The second kappa shape index (κ2) is 8.92. The minimum atomic E-state index is -4.82. The molecule has 0 radical (unpaired) electrons. The van der Waals surface area contributed by atoms with Crippen molar-refractivity contribution in [3.63, 3.8) is 0 Å². The molecule has 3 rings (SSSR count). The van der Waals surface area contributed by atoms with Gasteiger partial charge in [-0.05, 0) is 31.0 Å². The van der Waals surface area contributed by atoms with Crippen molar-refractivity contribution in [3.8, 4) is 0 Å². The lowest BCUT2D eigenvalue weighted by molar-refractivity contribution is -0.137. The molecule has 0 bridgehead atoms. The zero-order chi connectivity index (χ0) is 22.8. The number of amides is 4. The van der Waals surface area contributed by atoms with Crippen LogP contribution in [0.1, 0.15) is 24.8 Å². The van der Waals surface area contributed by atoms with Crippen LogP contribution in [0, 0.1) is 5.92 Å². The number of alkyl halides is 3. The van der Waals surface area contributed by atoms with Crippen molar-refractivity contribution in [1.82, 2.24) is 5.32 Å². The molecule has 1 atom stereocenters. The van der Waals surface area contributed by atoms with Gasteiger partial charge in [0.2, 0.25) is 11.8 Å². The average Bonchev–Trinajstić information content (AvgIpc) is 2.64. The van der Waals surface area contributed by atoms with Gasteiger partial charge in [-0.1, -0.05) is 6.42 Å². The van der Waals surface area contributed by atoms with Gasteiger partial charge in [-0.3, -0.25) is 19.2 Å². The second-order valence-electron chi connectivity index (χ2n) is 7.29. The molecule has 1 saturated carbocycles. The number of rotatable bonds is 6. The molecule has 31 heavy (non-hydrogen) atoms. The first-order valence-corrected chi connectivity index (χ1v) is 9.58. The lowest BCUT2D eigenvalue weighted by atomic mass is 9.84. The van der Waals surface area contributed by atoms with E-state index < -0.39 is 41.4 Å². The highest BCUT2D eigenvalue weighted by Gasteiger charge is 2.38. The summed E-state index contributed by atoms with van der Waals surface area (Å²) < 4.78 is 45.8. The van der Waals surface area contributed by atoms with Gasteiger partial charge in [0, 0.05) is 18.2 Å². The van der Waals surface area contributed by atoms with Gasteiger partial charge in [0.05, 0.1) is 17.9 Å². The maximum atomic E-state index is 13.6. The Morgan fingerprint density at radius 2 is 1.94 bits per heavy atom. The molecule has 168 valence electrons. The van der Waals surface area contributed by atoms with E-state index in [4.69, 9.17) is 10.5 Å². The molecule has 1 aliphatic heterocycles. The van der Waals surface area contributed by atoms with Crippen LogP contribution in [0.15, 0.2) is 18.2 Å². The molecule has 1 aliphatic carbocycles. The molecule has 2 fully saturated rings. The molecule has 9 nitrogen and oxygen atoms in total. The molecule has 0 unspecified atom stereocenters. The molecule has 4 N–H and O–H groups in total. The number of ether oxygens (including phenoxy) is 1. The fourth-order valence-corrected chi connectivity index (χ4v) is 3.26. The van der Waals surface area contributed by atoms with Gasteiger partial charge < -0.3 is 26.0 Å². The van der Waals surface area contributed by atoms with Crippen molar-refractivity contribution in [2.75, 3.05) is 30.0 Å². The highest BCUT2D eigenvalue weighted by molar-refractivity contribution is 6.11. The molecular formula is C19H21F3N4O5. The summed E-state index contributed by atoms with van der Waals surface area (Å²) in [5, 5.41) is 4.41. The lowest BCUT2D eigenvalue weighted by Crippen LogP contribution is -2.53. The average molecular weight is 442 g/mol. The summed E-state index contributed by atoms with van der Waals surface area (Å²) in [5.41, 5.74) is 3.40. The summed E-state index contributed by atoms with van der Waals surface area (Å²) >= 11 is 0. The maximum Gasteiger partial charge on any atom is 0.418 e. The highest BCUT2D eigenvalue weighted by Crippen LogP contribution is 2.38. The van der Waals surface area contributed by atoms with Crippen LogP contribution in [0.3, 0.4) is 0 Å². The monoisotopic (exact) mass is 442 g/mol. The number of benzene rings is 1. The number of carbonyl (C=O) groups excluding carboxylic acids is 4. The van der Waals surface area contributed by atoms with E-state index in [1.54, 1.807) is 0 Å². The zero-order valence-electron chi connectivity index (χ0n) is 16.3. The number of carbonyl (C=O) groups is 4. The minimum Gasteiger partial charge on any atom is -0.370 e. The summed E-state index contributed by atoms with van der Waals surface area (Å²) in [4.78, 5) is 49.0. The molecule has 2 aliphatic rings. The summed E-state index contributed by atoms with van der Waals surface area (Å²) in [5.74, 6) is -3.67. The van der Waals surface area contributed by atoms with Crippen LogP contribution >= 0.6 is 0 Å². The SMILES string of the molecule is NC(=O)[C@H](NC(=O)C1CCC1)C(=O)Nc1ccc(N2CCOCC2=O)c(C(F)(F)F)c1. The zero-order valence-corrected chi connectivity index (χ0v) is 16.3. The number of nitrogens with zero attached hydrogens (tertiary/aromatic N) is 1. The van der Waals surface area contributed by atoms with E-state index in [0.717, 1.165) is 23.5 Å². The van der Waals surface area contributed by atoms with Crippen LogP contribution in [0.5, 0.6) is 0 Å². The number of morpholine rings is 1. The van der Waals surface area contributed by atoms with E-state index in [-0.39, 0.29) is 37.1 Å². The third-order valence-corrected chi connectivity index (χ3v) is 5.16. The highest BCUT2D eigenvalue weighted by atomic mass is 19.4. The number of halogens is 3. The van der Waals surface area contributed by atoms with Crippen molar-refractivity contribution in [1.29, 1.82) is 0 Å². The Labute approximate surface area is 175 Å². The van der Waals surface area contributed by atoms with Gasteiger partial charge in [0.1, 0.15) is 6.61 Å². The molecule has 1 aromatic carbocycles. The van der Waals surface area contributed by atoms with Gasteiger partial charge in [0.15, 0.2) is 6.04 Å². The maximum absolute atomic E-state index is 13.6. The minimum absolute atomic E-state index is 0.0510. The Kier molecular flexibility index (Phi) is 6.48. The molecule has 1 heterocycles. The molecule has 0 spiro atoms. The summed E-state index contributed by atoms with van der Waals surface area (Å²) in [6, 6.07) is 1.13. The topological polar surface area (TPSA) is 131 Å². The van der Waals surface area contributed by atoms with Gasteiger partial charge in [0.25, 0.3) is 11.8 Å². The van der Waals surface area contributed by atoms with Crippen LogP contribution in [-0.4, -0.2) is 49.4 Å². The Balaban J connectivity index is 1.81. The van der Waals surface area contributed by atoms with E-state index >= 15 is 0 Å².